The number of carbonyl (C=O) groups excluding carboxylic acids is 1. The monoisotopic (exact) mass is 294 g/mol. The first kappa shape index (κ1) is 14.3. The molecule has 1 aliphatic heterocycles. The van der Waals surface area contributed by atoms with Crippen LogP contribution in [0.2, 0.25) is 0 Å². The van der Waals surface area contributed by atoms with Crippen LogP contribution in [0.4, 0.5) is 0 Å². The van der Waals surface area contributed by atoms with Crippen molar-refractivity contribution in [1.29, 1.82) is 0 Å². The van der Waals surface area contributed by atoms with Gasteiger partial charge in [-0.05, 0) is 12.5 Å². The standard InChI is InChI=1S/C13H14N2O4S/c1-2-6-15(11-5-7-20(18,19)9-11)13(17)10-3-4-12(16)14-8-10/h1,3-4,8,11H,5-7,9H2,(H,14,16). The molecule has 0 aliphatic carbocycles. The van der Waals surface area contributed by atoms with Gasteiger partial charge in [-0.3, -0.25) is 9.59 Å². The van der Waals surface area contributed by atoms with Crippen LogP contribution in [0.1, 0.15) is 16.8 Å². The molecule has 2 heterocycles. The fourth-order valence-electron chi connectivity index (χ4n) is 2.20. The molecule has 1 N–H and O–H groups in total. The number of rotatable bonds is 3. The molecule has 1 aromatic heterocycles. The van der Waals surface area contributed by atoms with E-state index < -0.39 is 15.9 Å². The average molecular weight is 294 g/mol. The summed E-state index contributed by atoms with van der Waals surface area (Å²) in [6.07, 6.45) is 6.94. The fourth-order valence-corrected chi connectivity index (χ4v) is 3.93. The van der Waals surface area contributed by atoms with Gasteiger partial charge in [0, 0.05) is 18.3 Å². The van der Waals surface area contributed by atoms with Crippen LogP contribution in [0.5, 0.6) is 0 Å². The van der Waals surface area contributed by atoms with Gasteiger partial charge in [0.1, 0.15) is 0 Å². The highest BCUT2D eigenvalue weighted by atomic mass is 32.2. The number of hydrogen-bond acceptors (Lipinski definition) is 4. The number of H-pyrrole nitrogens is 1. The van der Waals surface area contributed by atoms with Gasteiger partial charge in [-0.2, -0.15) is 0 Å². The Morgan fingerprint density at radius 2 is 2.25 bits per heavy atom. The van der Waals surface area contributed by atoms with Crippen molar-refractivity contribution in [1.82, 2.24) is 9.88 Å². The lowest BCUT2D eigenvalue weighted by atomic mass is 10.1. The number of hydrogen-bond donors (Lipinski definition) is 1. The lowest BCUT2D eigenvalue weighted by Crippen LogP contribution is -2.41. The Hall–Kier alpha value is -2.07. The lowest BCUT2D eigenvalue weighted by Gasteiger charge is -2.26. The van der Waals surface area contributed by atoms with Crippen LogP contribution >= 0.6 is 0 Å². The van der Waals surface area contributed by atoms with E-state index in [1.54, 1.807) is 0 Å². The number of amides is 1. The van der Waals surface area contributed by atoms with Gasteiger partial charge in [0.15, 0.2) is 9.84 Å². The van der Waals surface area contributed by atoms with E-state index in [1.807, 2.05) is 0 Å². The number of sulfone groups is 1. The van der Waals surface area contributed by atoms with E-state index in [4.69, 9.17) is 6.42 Å². The van der Waals surface area contributed by atoms with Crippen molar-refractivity contribution in [3.05, 3.63) is 34.2 Å². The second-order valence-electron chi connectivity index (χ2n) is 4.64. The largest absolute Gasteiger partial charge is 0.328 e. The van der Waals surface area contributed by atoms with Gasteiger partial charge >= 0.3 is 0 Å². The normalized spacial score (nSPS) is 20.2. The van der Waals surface area contributed by atoms with Crippen LogP contribution in [0, 0.1) is 12.3 Å². The highest BCUT2D eigenvalue weighted by Gasteiger charge is 2.34. The number of nitrogens with zero attached hydrogens (tertiary/aromatic N) is 1. The minimum absolute atomic E-state index is 0.0398. The van der Waals surface area contributed by atoms with E-state index in [0.717, 1.165) is 0 Å². The van der Waals surface area contributed by atoms with Crippen molar-refractivity contribution < 1.29 is 13.2 Å². The van der Waals surface area contributed by atoms with Crippen molar-refractivity contribution >= 4 is 15.7 Å². The van der Waals surface area contributed by atoms with Gasteiger partial charge in [-0.1, -0.05) is 5.92 Å². The summed E-state index contributed by atoms with van der Waals surface area (Å²) in [7, 11) is -3.10. The van der Waals surface area contributed by atoms with Crippen LogP contribution in [0.3, 0.4) is 0 Å². The highest BCUT2D eigenvalue weighted by Crippen LogP contribution is 2.19. The summed E-state index contributed by atoms with van der Waals surface area (Å²) in [5.74, 6) is 2.00. The van der Waals surface area contributed by atoms with Gasteiger partial charge in [-0.25, -0.2) is 8.42 Å². The molecule has 1 saturated heterocycles. The Morgan fingerprint density at radius 1 is 1.50 bits per heavy atom. The van der Waals surface area contributed by atoms with Gasteiger partial charge in [0.2, 0.25) is 5.56 Å². The Bertz CT molecular complexity index is 694. The third-order valence-electron chi connectivity index (χ3n) is 3.20. The van der Waals surface area contributed by atoms with Crippen molar-refractivity contribution in [2.24, 2.45) is 0 Å². The molecule has 0 spiro atoms. The summed E-state index contributed by atoms with van der Waals surface area (Å²) >= 11 is 0. The summed E-state index contributed by atoms with van der Waals surface area (Å²) < 4.78 is 23.0. The number of aromatic amines is 1. The first-order chi connectivity index (χ1) is 9.43. The third kappa shape index (κ3) is 3.08. The molecule has 0 bridgehead atoms. The van der Waals surface area contributed by atoms with Crippen molar-refractivity contribution in [3.8, 4) is 12.3 Å². The van der Waals surface area contributed by atoms with Gasteiger partial charge in [0.05, 0.1) is 23.6 Å². The second kappa shape index (κ2) is 5.51. The molecule has 0 saturated carbocycles. The summed E-state index contributed by atoms with van der Waals surface area (Å²) in [6, 6.07) is 2.23. The molecule has 7 heteroatoms. The molecule has 1 aliphatic rings. The van der Waals surface area contributed by atoms with Gasteiger partial charge < -0.3 is 9.88 Å². The predicted octanol–water partition coefficient (Wildman–Crippen LogP) is -0.363. The first-order valence-electron chi connectivity index (χ1n) is 6.06. The topological polar surface area (TPSA) is 87.3 Å². The van der Waals surface area contributed by atoms with E-state index in [9.17, 15) is 18.0 Å². The minimum atomic E-state index is -3.10. The van der Waals surface area contributed by atoms with E-state index >= 15 is 0 Å². The number of carbonyl (C=O) groups is 1. The van der Waals surface area contributed by atoms with E-state index in [2.05, 4.69) is 10.9 Å². The average Bonchev–Trinajstić information content (AvgIpc) is 2.76. The molecule has 106 valence electrons. The summed E-state index contributed by atoms with van der Waals surface area (Å²) in [4.78, 5) is 27.1. The van der Waals surface area contributed by atoms with Crippen molar-refractivity contribution in [2.75, 3.05) is 18.1 Å². The Balaban J connectivity index is 2.25. The summed E-state index contributed by atoms with van der Waals surface area (Å²) in [5, 5.41) is 0. The van der Waals surface area contributed by atoms with Gasteiger partial charge in [0.25, 0.3) is 5.91 Å². The van der Waals surface area contributed by atoms with Crippen LogP contribution in [0.15, 0.2) is 23.1 Å². The molecule has 1 unspecified atom stereocenters. The number of terminal acetylenes is 1. The smallest absolute Gasteiger partial charge is 0.256 e. The summed E-state index contributed by atoms with van der Waals surface area (Å²) in [5.41, 5.74) is -0.0300. The predicted molar refractivity (Wildman–Crippen MR) is 74.0 cm³/mol. The molecule has 20 heavy (non-hydrogen) atoms. The first-order valence-corrected chi connectivity index (χ1v) is 7.89. The fraction of sp³-hybridized carbons (Fsp3) is 0.385. The second-order valence-corrected chi connectivity index (χ2v) is 6.86. The number of pyridine rings is 1. The zero-order valence-electron chi connectivity index (χ0n) is 10.7. The van der Waals surface area contributed by atoms with Crippen LogP contribution in [0.25, 0.3) is 0 Å². The summed E-state index contributed by atoms with van der Waals surface area (Å²) in [6.45, 7) is 0.0398. The zero-order chi connectivity index (χ0) is 14.8. The zero-order valence-corrected chi connectivity index (χ0v) is 11.5. The molecular weight excluding hydrogens is 280 g/mol. The van der Waals surface area contributed by atoms with Gasteiger partial charge in [-0.15, -0.1) is 6.42 Å². The highest BCUT2D eigenvalue weighted by molar-refractivity contribution is 7.91. The lowest BCUT2D eigenvalue weighted by molar-refractivity contribution is 0.0724. The van der Waals surface area contributed by atoms with Crippen molar-refractivity contribution in [3.63, 3.8) is 0 Å². The SMILES string of the molecule is C#CCN(C(=O)c1ccc(=O)[nH]c1)C1CCS(=O)(=O)C1. The molecule has 2 rings (SSSR count). The molecule has 1 fully saturated rings. The molecule has 1 aromatic rings. The molecular formula is C13H14N2O4S. The molecule has 6 nitrogen and oxygen atoms in total. The van der Waals surface area contributed by atoms with E-state index in [1.165, 1.54) is 23.2 Å². The maximum absolute atomic E-state index is 12.4. The van der Waals surface area contributed by atoms with E-state index in [-0.39, 0.29) is 35.1 Å². The molecule has 1 amide bonds. The Morgan fingerprint density at radius 3 is 2.75 bits per heavy atom. The van der Waals surface area contributed by atoms with Crippen LogP contribution in [-0.4, -0.2) is 48.3 Å². The maximum atomic E-state index is 12.4. The number of aromatic nitrogens is 1. The van der Waals surface area contributed by atoms with Crippen molar-refractivity contribution in [2.45, 2.75) is 12.5 Å². The third-order valence-corrected chi connectivity index (χ3v) is 4.95. The van der Waals surface area contributed by atoms with Crippen LogP contribution in [-0.2, 0) is 9.84 Å². The number of nitrogens with one attached hydrogen (secondary N) is 1. The minimum Gasteiger partial charge on any atom is -0.328 e. The maximum Gasteiger partial charge on any atom is 0.256 e. The van der Waals surface area contributed by atoms with Crippen LogP contribution < -0.4 is 5.56 Å². The molecule has 1 atom stereocenters. The quantitative estimate of drug-likeness (QED) is 0.771. The molecule has 0 radical (unpaired) electrons. The Kier molecular flexibility index (Phi) is 3.95. The molecule has 0 aromatic carbocycles. The van der Waals surface area contributed by atoms with E-state index in [0.29, 0.717) is 6.42 Å². The Labute approximate surface area is 116 Å².